The van der Waals surface area contributed by atoms with Crippen molar-refractivity contribution in [2.75, 3.05) is 24.7 Å². The minimum absolute atomic E-state index is 0.156. The molecule has 2 aromatic rings. The molecule has 0 bridgehead atoms. The number of carbonyl (C=O) groups is 1. The number of benzene rings is 2. The minimum Gasteiger partial charge on any atom is -0.497 e. The quantitative estimate of drug-likeness (QED) is 0.546. The second-order valence-corrected chi connectivity index (χ2v) is 6.51. The van der Waals surface area contributed by atoms with Crippen LogP contribution >= 0.6 is 11.9 Å². The van der Waals surface area contributed by atoms with Crippen LogP contribution in [0.4, 0.5) is 11.4 Å². The number of anilines is 2. The van der Waals surface area contributed by atoms with E-state index in [2.05, 4.69) is 10.7 Å². The number of amides is 1. The van der Waals surface area contributed by atoms with Gasteiger partial charge in [0.2, 0.25) is 0 Å². The monoisotopic (exact) mass is 356 g/mol. The fraction of sp³-hybridized carbons (Fsp3) is 0.167. The molecule has 25 heavy (non-hydrogen) atoms. The van der Waals surface area contributed by atoms with Gasteiger partial charge < -0.3 is 15.8 Å². The summed E-state index contributed by atoms with van der Waals surface area (Å²) in [5.41, 5.74) is 11.5. The predicted octanol–water partition coefficient (Wildman–Crippen LogP) is 2.77. The van der Waals surface area contributed by atoms with E-state index < -0.39 is 0 Å². The highest BCUT2D eigenvalue weighted by molar-refractivity contribution is 8.02. The van der Waals surface area contributed by atoms with Gasteiger partial charge >= 0.3 is 0 Å². The molecular formula is C18H20N4O2S. The van der Waals surface area contributed by atoms with Crippen LogP contribution in [-0.4, -0.2) is 24.0 Å². The molecule has 130 valence electrons. The van der Waals surface area contributed by atoms with E-state index in [-0.39, 0.29) is 5.91 Å². The molecule has 4 N–H and O–H groups in total. The van der Waals surface area contributed by atoms with E-state index in [0.717, 1.165) is 11.3 Å². The van der Waals surface area contributed by atoms with Crippen molar-refractivity contribution >= 4 is 29.2 Å². The average Bonchev–Trinajstić information content (AvgIpc) is 3.11. The van der Waals surface area contributed by atoms with Gasteiger partial charge in [-0.25, -0.2) is 5.43 Å². The largest absolute Gasteiger partial charge is 0.497 e. The molecule has 2 aromatic carbocycles. The Hall–Kier alpha value is -2.48. The van der Waals surface area contributed by atoms with Gasteiger partial charge in [0.25, 0.3) is 5.91 Å². The van der Waals surface area contributed by atoms with E-state index in [1.54, 1.807) is 19.2 Å². The van der Waals surface area contributed by atoms with E-state index in [0.29, 0.717) is 29.4 Å². The van der Waals surface area contributed by atoms with Gasteiger partial charge in [0.05, 0.1) is 23.4 Å². The summed E-state index contributed by atoms with van der Waals surface area (Å²) in [5, 5.41) is 2.84. The molecule has 0 atom stereocenters. The smallest absolute Gasteiger partial charge is 0.263 e. The summed E-state index contributed by atoms with van der Waals surface area (Å²) in [6.07, 6.45) is 1.89. The minimum atomic E-state index is -0.156. The number of ether oxygens (including phenoxy) is 1. The van der Waals surface area contributed by atoms with Gasteiger partial charge in [-0.3, -0.25) is 4.79 Å². The number of para-hydroxylation sites is 2. The first-order valence-corrected chi connectivity index (χ1v) is 8.61. The Morgan fingerprint density at radius 3 is 2.72 bits per heavy atom. The van der Waals surface area contributed by atoms with Crippen LogP contribution in [0, 0.1) is 0 Å². The van der Waals surface area contributed by atoms with Crippen molar-refractivity contribution in [1.29, 1.82) is 0 Å². The Kier molecular flexibility index (Phi) is 5.60. The molecule has 0 aromatic heterocycles. The number of hydrazine groups is 1. The Bertz CT molecular complexity index is 777. The number of methoxy groups -OCH3 is 1. The average molecular weight is 356 g/mol. The van der Waals surface area contributed by atoms with Crippen molar-refractivity contribution in [2.45, 2.75) is 6.54 Å². The zero-order valence-corrected chi connectivity index (χ0v) is 14.7. The number of hydrogen-bond donors (Lipinski definition) is 3. The molecule has 0 unspecified atom stereocenters. The maximum Gasteiger partial charge on any atom is 0.263 e. The van der Waals surface area contributed by atoms with Gasteiger partial charge in [0.1, 0.15) is 5.75 Å². The highest BCUT2D eigenvalue weighted by Gasteiger charge is 2.21. The topological polar surface area (TPSA) is 79.6 Å². The van der Waals surface area contributed by atoms with Crippen LogP contribution in [-0.2, 0) is 11.3 Å². The van der Waals surface area contributed by atoms with Crippen molar-refractivity contribution in [3.63, 3.8) is 0 Å². The van der Waals surface area contributed by atoms with Gasteiger partial charge in [0.15, 0.2) is 0 Å². The summed E-state index contributed by atoms with van der Waals surface area (Å²) in [5.74, 6) is 0.678. The Labute approximate surface area is 151 Å². The van der Waals surface area contributed by atoms with Crippen LogP contribution in [0.15, 0.2) is 59.5 Å². The first-order valence-electron chi connectivity index (χ1n) is 7.83. The van der Waals surface area contributed by atoms with Gasteiger partial charge in [0, 0.05) is 13.1 Å². The van der Waals surface area contributed by atoms with Crippen LogP contribution in [0.1, 0.15) is 5.56 Å². The summed E-state index contributed by atoms with van der Waals surface area (Å²) in [7, 11) is 1.65. The van der Waals surface area contributed by atoms with Crippen LogP contribution in [0.2, 0.25) is 0 Å². The van der Waals surface area contributed by atoms with Crippen molar-refractivity contribution in [1.82, 2.24) is 9.84 Å². The third-order valence-electron chi connectivity index (χ3n) is 3.70. The maximum atomic E-state index is 12.3. The standard InChI is InChI=1S/C18H20N4O2S/c1-24-14-8-6-13(7-9-14)12-20-22-11-10-17(25-22)18(23)21-16-5-3-2-4-15(16)19/h2-10,20H,11-12,19H2,1H3,(H,21,23). The fourth-order valence-electron chi connectivity index (χ4n) is 2.31. The highest BCUT2D eigenvalue weighted by Crippen LogP contribution is 2.28. The Morgan fingerprint density at radius 1 is 1.24 bits per heavy atom. The number of nitrogens with two attached hydrogens (primary N) is 1. The van der Waals surface area contributed by atoms with Gasteiger partial charge in [-0.2, -0.15) is 4.41 Å². The molecule has 0 saturated carbocycles. The second-order valence-electron chi connectivity index (χ2n) is 5.45. The van der Waals surface area contributed by atoms with Crippen LogP contribution in [0.5, 0.6) is 5.75 Å². The van der Waals surface area contributed by atoms with Crippen molar-refractivity contribution in [2.24, 2.45) is 0 Å². The molecule has 0 radical (unpaired) electrons. The summed E-state index contributed by atoms with van der Waals surface area (Å²) in [6.45, 7) is 1.32. The number of hydrogen-bond acceptors (Lipinski definition) is 6. The highest BCUT2D eigenvalue weighted by atomic mass is 32.2. The van der Waals surface area contributed by atoms with Crippen molar-refractivity contribution in [3.8, 4) is 5.75 Å². The lowest BCUT2D eigenvalue weighted by Gasteiger charge is -2.16. The molecule has 7 heteroatoms. The first kappa shape index (κ1) is 17.3. The van der Waals surface area contributed by atoms with E-state index in [1.165, 1.54) is 11.9 Å². The molecule has 1 aliphatic heterocycles. The second kappa shape index (κ2) is 8.06. The lowest BCUT2D eigenvalue weighted by atomic mass is 10.2. The van der Waals surface area contributed by atoms with Gasteiger partial charge in [-0.15, -0.1) is 0 Å². The molecular weight excluding hydrogens is 336 g/mol. The molecule has 3 rings (SSSR count). The zero-order chi connectivity index (χ0) is 17.6. The van der Waals surface area contributed by atoms with E-state index in [1.807, 2.05) is 46.9 Å². The van der Waals surface area contributed by atoms with Crippen LogP contribution in [0.25, 0.3) is 0 Å². The lowest BCUT2D eigenvalue weighted by molar-refractivity contribution is -0.112. The Balaban J connectivity index is 1.49. The molecule has 0 spiro atoms. The molecule has 6 nitrogen and oxygen atoms in total. The number of nitrogens with zero attached hydrogens (tertiary/aromatic N) is 1. The third kappa shape index (κ3) is 4.54. The summed E-state index contributed by atoms with van der Waals surface area (Å²) >= 11 is 1.38. The predicted molar refractivity (Wildman–Crippen MR) is 102 cm³/mol. The summed E-state index contributed by atoms with van der Waals surface area (Å²) in [6, 6.07) is 15.1. The van der Waals surface area contributed by atoms with Gasteiger partial charge in [-0.05, 0) is 47.9 Å². The Morgan fingerprint density at radius 2 is 2.00 bits per heavy atom. The van der Waals surface area contributed by atoms with Crippen LogP contribution in [0.3, 0.4) is 0 Å². The SMILES string of the molecule is COc1ccc(CNN2CC=C(C(=O)Nc3ccccc3N)S2)cc1. The molecule has 1 amide bonds. The molecule has 0 fully saturated rings. The molecule has 0 saturated heterocycles. The summed E-state index contributed by atoms with van der Waals surface area (Å²) < 4.78 is 7.07. The van der Waals surface area contributed by atoms with E-state index in [9.17, 15) is 4.79 Å². The number of nitrogens with one attached hydrogen (secondary N) is 2. The number of carbonyl (C=O) groups excluding carboxylic acids is 1. The fourth-order valence-corrected chi connectivity index (χ4v) is 3.11. The van der Waals surface area contributed by atoms with Crippen molar-refractivity contribution in [3.05, 3.63) is 65.1 Å². The maximum absolute atomic E-state index is 12.3. The van der Waals surface area contributed by atoms with Gasteiger partial charge in [-0.1, -0.05) is 24.3 Å². The molecule has 1 heterocycles. The van der Waals surface area contributed by atoms with Crippen LogP contribution < -0.4 is 21.2 Å². The lowest BCUT2D eigenvalue weighted by Crippen LogP contribution is -2.29. The number of nitrogen functional groups attached to an aromatic ring is 1. The first-order chi connectivity index (χ1) is 12.2. The summed E-state index contributed by atoms with van der Waals surface area (Å²) in [4.78, 5) is 13.0. The molecule has 1 aliphatic rings. The molecule has 0 aliphatic carbocycles. The van der Waals surface area contributed by atoms with E-state index in [4.69, 9.17) is 10.5 Å². The van der Waals surface area contributed by atoms with E-state index >= 15 is 0 Å². The van der Waals surface area contributed by atoms with Crippen molar-refractivity contribution < 1.29 is 9.53 Å². The third-order valence-corrected chi connectivity index (χ3v) is 4.75. The normalized spacial score (nSPS) is 14.2. The zero-order valence-electron chi connectivity index (χ0n) is 13.9. The number of rotatable bonds is 6.